The van der Waals surface area contributed by atoms with Crippen LogP contribution < -0.4 is 90.4 Å². The number of carbonyl (C=O) groups is 4. The molecule has 0 radical (unpaired) electrons. The summed E-state index contributed by atoms with van der Waals surface area (Å²) in [6.45, 7) is 2.83. The van der Waals surface area contributed by atoms with Gasteiger partial charge in [0.05, 0.1) is 41.1 Å². The molecule has 26 N–H and O–H groups in total. The van der Waals surface area contributed by atoms with Crippen LogP contribution in [0.3, 0.4) is 0 Å². The summed E-state index contributed by atoms with van der Waals surface area (Å²) in [5.41, 5.74) is 46.6. The summed E-state index contributed by atoms with van der Waals surface area (Å²) >= 11 is 0. The number of nitrogens with one attached hydrogen (secondary N) is 12. The lowest BCUT2D eigenvalue weighted by atomic mass is 9.93. The fourth-order valence-electron chi connectivity index (χ4n) is 16.5. The Morgan fingerprint density at radius 1 is 0.388 bits per heavy atom. The van der Waals surface area contributed by atoms with E-state index in [1.807, 2.05) is 52.3 Å². The van der Waals surface area contributed by atoms with E-state index >= 15 is 0 Å². The Labute approximate surface area is 773 Å². The molecule has 10 aromatic carbocycles. The van der Waals surface area contributed by atoms with Crippen LogP contribution >= 0.6 is 0 Å². The molecule has 5 aliphatic rings. The Kier molecular flexibility index (Phi) is 33.3. The zero-order valence-corrected chi connectivity index (χ0v) is 73.7. The first kappa shape index (κ1) is 97.1. The van der Waals surface area contributed by atoms with Crippen molar-refractivity contribution in [2.24, 2.45) is 40.1 Å². The van der Waals surface area contributed by atoms with Gasteiger partial charge < -0.3 is 90.4 Å². The van der Waals surface area contributed by atoms with Crippen molar-refractivity contribution in [1.82, 2.24) is 25.3 Å². The number of hydrogen-bond donors (Lipinski definition) is 19. The lowest BCUT2D eigenvalue weighted by Gasteiger charge is -2.34. The highest BCUT2D eigenvalue weighted by molar-refractivity contribution is 6.01. The van der Waals surface area contributed by atoms with Crippen molar-refractivity contribution in [3.63, 3.8) is 0 Å². The minimum atomic E-state index is -0.617. The van der Waals surface area contributed by atoms with Gasteiger partial charge in [0.2, 0.25) is 23.6 Å². The number of amidine groups is 7. The van der Waals surface area contributed by atoms with Gasteiger partial charge in [0.1, 0.15) is 94.0 Å². The minimum absolute atomic E-state index is 0.000725. The molecule has 1 aliphatic carbocycles. The molecule has 4 saturated heterocycles. The van der Waals surface area contributed by atoms with Crippen molar-refractivity contribution in [3.05, 3.63) is 319 Å². The highest BCUT2D eigenvalue weighted by atomic mass is 16.6. The first-order valence-electron chi connectivity index (χ1n) is 43.4. The highest BCUT2D eigenvalue weighted by Crippen LogP contribution is 2.36. The van der Waals surface area contributed by atoms with Crippen LogP contribution in [0.2, 0.25) is 0 Å². The maximum absolute atomic E-state index is 13.3. The summed E-state index contributed by atoms with van der Waals surface area (Å²) in [6.07, 6.45) is 6.73. The van der Waals surface area contributed by atoms with Crippen molar-refractivity contribution in [2.75, 3.05) is 49.2 Å². The van der Waals surface area contributed by atoms with E-state index in [2.05, 4.69) is 31.5 Å². The van der Waals surface area contributed by atoms with E-state index in [-0.39, 0.29) is 125 Å². The van der Waals surface area contributed by atoms with E-state index in [1.165, 1.54) is 31.4 Å². The van der Waals surface area contributed by atoms with Crippen LogP contribution in [-0.4, -0.2) is 177 Å². The van der Waals surface area contributed by atoms with Crippen molar-refractivity contribution in [2.45, 2.75) is 132 Å². The first-order valence-corrected chi connectivity index (χ1v) is 43.4. The number of nitrogen functional groups attached to an aromatic ring is 7. The van der Waals surface area contributed by atoms with Gasteiger partial charge in [-0.3, -0.25) is 92.0 Å². The molecule has 10 aromatic rings. The Balaban J connectivity index is 0.000000162. The summed E-state index contributed by atoms with van der Waals surface area (Å²) in [7, 11) is 1.62. The summed E-state index contributed by atoms with van der Waals surface area (Å²) in [5.74, 6) is 2.19. The van der Waals surface area contributed by atoms with Crippen molar-refractivity contribution < 1.29 is 52.7 Å². The molecular weight excluding hydrogens is 1710 g/mol. The number of nitrogens with two attached hydrogens (primary N) is 7. The number of rotatable bonds is 32. The van der Waals surface area contributed by atoms with Gasteiger partial charge in [0, 0.05) is 157 Å². The molecule has 0 bridgehead atoms. The third kappa shape index (κ3) is 27.1. The summed E-state index contributed by atoms with van der Waals surface area (Å²) in [5, 5.41) is 91.1. The maximum atomic E-state index is 13.3. The van der Waals surface area contributed by atoms with E-state index < -0.39 is 21.9 Å². The van der Waals surface area contributed by atoms with Crippen LogP contribution in [0.5, 0.6) is 28.7 Å². The SMILES string of the molecule is COc1ccc(CNC(=O)[C@@H]2C[C@@H](Oc3cccc(C(=N)N)c3)CN2)cc1.N=C(N)c1ccc(NC(=O)[C@@H]2CC(Oc3cccc(C(=N)N)c3)CN2Cc2ccccc2[N+](=O)[O-])cc1.N=C(N)c1ccc(NC(=O)[C@@H]2CC(Oc3cccc(C(=N)N)c3)CN2Cc2ccccc2[N+](=O)[O-])cc1.N=C(N)c1ccc(NC(=O)[C@@H]2C[C@@H](Oc3cccc(C(=N)N)c3)CN2C2CCCCC2)cc1. The van der Waals surface area contributed by atoms with Crippen LogP contribution in [0.25, 0.3) is 0 Å². The van der Waals surface area contributed by atoms with Crippen LogP contribution in [-0.2, 0) is 38.8 Å². The number of methoxy groups -OCH3 is 1. The van der Waals surface area contributed by atoms with Gasteiger partial charge in [-0.1, -0.05) is 116 Å². The molecule has 4 aliphatic heterocycles. The molecule has 4 amide bonds. The Morgan fingerprint density at radius 3 is 1.09 bits per heavy atom. The molecule has 0 spiro atoms. The second-order valence-corrected chi connectivity index (χ2v) is 32.8. The van der Waals surface area contributed by atoms with Crippen molar-refractivity contribution in [1.29, 1.82) is 37.9 Å². The molecule has 37 nitrogen and oxygen atoms in total. The van der Waals surface area contributed by atoms with E-state index in [0.717, 1.165) is 24.2 Å². The van der Waals surface area contributed by atoms with Gasteiger partial charge >= 0.3 is 0 Å². The number of ether oxygens (including phenoxy) is 5. The number of nitro benzene ring substituents is 2. The van der Waals surface area contributed by atoms with E-state index in [4.69, 9.17) is 102 Å². The Morgan fingerprint density at radius 2 is 0.731 bits per heavy atom. The number of amides is 4. The third-order valence-electron chi connectivity index (χ3n) is 23.3. The standard InChI is InChI=1S/2C26H27N7O4.C25H32N6O2.C20H24N4O3/c2*27-24(28)16-8-10-19(11-9-16)31-26(34)23-13-21(37-20-6-3-5-17(12-20)25(29)30)15-32(23)14-18-4-1-2-7-22(18)33(35)36;26-23(27)16-9-11-18(12-10-16)30-25(32)22-14-21(15-31(22)19-6-2-1-3-7-19)33-20-8-4-5-17(13-20)24(28)29;1-26-15-7-5-13(6-8-15)11-24-20(25)18-10-17(12-23-18)27-16-4-2-3-14(9-16)19(21)22/h2*1-12,21,23H,13-15H2,(H3,27,28)(H3,29,30)(H,31,34);4-5,8-13,19,21-22H,1-3,6-7,14-15H2,(H3,26,27)(H3,28,29)(H,30,32);2-9,17-18,23H,10-12H2,1H3,(H3,21,22)(H,24,25)/t2*21?,23-;21-,22+;17-,18+/m0011/s1. The molecule has 696 valence electrons. The minimum Gasteiger partial charge on any atom is -0.497 e. The number of para-hydroxylation sites is 2. The normalized spacial score (nSPS) is 18.5. The maximum Gasteiger partial charge on any atom is 0.273 e. The second kappa shape index (κ2) is 46.0. The number of carbonyl (C=O) groups excluding carboxylic acids is 4. The number of anilines is 3. The lowest BCUT2D eigenvalue weighted by molar-refractivity contribution is -0.385. The predicted molar refractivity (Wildman–Crippen MR) is 513 cm³/mol. The number of nitrogens with zero attached hydrogens (tertiary/aromatic N) is 5. The molecule has 134 heavy (non-hydrogen) atoms. The molecule has 8 atom stereocenters. The van der Waals surface area contributed by atoms with Crippen molar-refractivity contribution in [3.8, 4) is 28.7 Å². The molecule has 15 rings (SSSR count). The number of hydrogen-bond acceptors (Lipinski definition) is 24. The topological polar surface area (TPSA) is 620 Å². The average Bonchev–Trinajstić information content (AvgIpc) is 1.67. The van der Waals surface area contributed by atoms with Crippen LogP contribution in [0.15, 0.2) is 243 Å². The lowest BCUT2D eigenvalue weighted by Crippen LogP contribution is -2.46. The molecule has 2 unspecified atom stereocenters. The van der Waals surface area contributed by atoms with Crippen LogP contribution in [0, 0.1) is 58.1 Å². The van der Waals surface area contributed by atoms with Crippen molar-refractivity contribution >= 4 is 92.9 Å². The van der Waals surface area contributed by atoms with Gasteiger partial charge in [-0.25, -0.2) is 0 Å². The van der Waals surface area contributed by atoms with Gasteiger partial charge in [-0.05, 0) is 152 Å². The smallest absolute Gasteiger partial charge is 0.273 e. The summed E-state index contributed by atoms with van der Waals surface area (Å²) in [4.78, 5) is 80.7. The van der Waals surface area contributed by atoms with Gasteiger partial charge in [-0.15, -0.1) is 0 Å². The number of likely N-dealkylation sites (tertiary alicyclic amines) is 3. The predicted octanol–water partition coefficient (Wildman–Crippen LogP) is 10.1. The first-order chi connectivity index (χ1) is 64.4. The molecule has 0 aromatic heterocycles. The van der Waals surface area contributed by atoms with E-state index in [1.54, 1.807) is 195 Å². The average molecular weight is 1820 g/mol. The highest BCUT2D eigenvalue weighted by Gasteiger charge is 2.44. The third-order valence-corrected chi connectivity index (χ3v) is 23.3. The van der Waals surface area contributed by atoms with E-state index in [9.17, 15) is 39.4 Å². The number of benzene rings is 10. The zero-order chi connectivity index (χ0) is 95.6. The van der Waals surface area contributed by atoms with Gasteiger partial charge in [0.25, 0.3) is 11.4 Å². The molecule has 37 heteroatoms. The van der Waals surface area contributed by atoms with Crippen LogP contribution in [0.4, 0.5) is 28.4 Å². The fraction of sp³-hybridized carbons (Fsp3) is 0.268. The molecule has 4 heterocycles. The molecule has 1 saturated carbocycles. The monoisotopic (exact) mass is 1820 g/mol. The molecule has 5 fully saturated rings. The molecular formula is C97H110N24O13. The Bertz CT molecular complexity index is 5720. The van der Waals surface area contributed by atoms with E-state index in [0.29, 0.717) is 155 Å². The zero-order valence-electron chi connectivity index (χ0n) is 73.7. The fourth-order valence-corrected chi connectivity index (χ4v) is 16.5. The van der Waals surface area contributed by atoms with Gasteiger partial charge in [0.15, 0.2) is 0 Å². The summed E-state index contributed by atoms with van der Waals surface area (Å²) < 4.78 is 29.6. The Hall–Kier alpha value is -16.0. The van der Waals surface area contributed by atoms with Gasteiger partial charge in [-0.2, -0.15) is 0 Å². The summed E-state index contributed by atoms with van der Waals surface area (Å²) in [6, 6.07) is 67.4. The second-order valence-electron chi connectivity index (χ2n) is 32.8. The number of nitro groups is 2. The largest absolute Gasteiger partial charge is 0.497 e. The quantitative estimate of drug-likeness (QED) is 0.00806. The van der Waals surface area contributed by atoms with Crippen LogP contribution in [0.1, 0.15) is 113 Å².